The number of carbonyl (C=O) groups is 1. The number of fused-ring (bicyclic) bond motifs is 1. The third-order valence-electron chi connectivity index (χ3n) is 3.27. The van der Waals surface area contributed by atoms with Gasteiger partial charge >= 0.3 is 5.97 Å². The van der Waals surface area contributed by atoms with Gasteiger partial charge in [-0.05, 0) is 25.8 Å². The maximum Gasteiger partial charge on any atom is 0.331 e. The lowest BCUT2D eigenvalue weighted by molar-refractivity contribution is -0.143. The molecule has 1 N–H and O–H groups in total. The molecule has 2 aliphatic rings. The van der Waals surface area contributed by atoms with Gasteiger partial charge < -0.3 is 9.84 Å². The van der Waals surface area contributed by atoms with Crippen LogP contribution in [0.2, 0.25) is 0 Å². The predicted molar refractivity (Wildman–Crippen MR) is 64.5 cm³/mol. The first-order valence-corrected chi connectivity index (χ1v) is 6.01. The fourth-order valence-electron chi connectivity index (χ4n) is 2.56. The number of aliphatic hydroxyl groups is 1. The van der Waals surface area contributed by atoms with E-state index >= 15 is 0 Å². The molecule has 17 heavy (non-hydrogen) atoms. The Labute approximate surface area is 102 Å². The van der Waals surface area contributed by atoms with Crippen molar-refractivity contribution < 1.29 is 14.6 Å². The van der Waals surface area contributed by atoms with Crippen LogP contribution in [0.25, 0.3) is 0 Å². The maximum atomic E-state index is 11.6. The van der Waals surface area contributed by atoms with E-state index in [0.29, 0.717) is 0 Å². The van der Waals surface area contributed by atoms with Gasteiger partial charge in [-0.3, -0.25) is 4.90 Å². The molecule has 94 valence electrons. The summed E-state index contributed by atoms with van der Waals surface area (Å²) in [5.74, 6) is -0.277. The molecule has 0 bridgehead atoms. The number of allylic oxidation sites excluding steroid dienone is 1. The Morgan fingerprint density at radius 3 is 3.06 bits per heavy atom. The molecule has 0 spiro atoms. The van der Waals surface area contributed by atoms with E-state index in [0.717, 1.165) is 30.7 Å². The van der Waals surface area contributed by atoms with E-state index in [1.54, 1.807) is 0 Å². The van der Waals surface area contributed by atoms with Gasteiger partial charge in [-0.15, -0.1) is 0 Å². The largest absolute Gasteiger partial charge is 0.457 e. The molecule has 0 aromatic heterocycles. The van der Waals surface area contributed by atoms with Crippen molar-refractivity contribution >= 4 is 5.97 Å². The quantitative estimate of drug-likeness (QED) is 0.449. The van der Waals surface area contributed by atoms with Crippen molar-refractivity contribution in [3.05, 3.63) is 23.3 Å². The van der Waals surface area contributed by atoms with Crippen LogP contribution in [0.15, 0.2) is 23.3 Å². The highest BCUT2D eigenvalue weighted by Gasteiger charge is 2.40. The molecule has 2 heterocycles. The van der Waals surface area contributed by atoms with E-state index in [9.17, 15) is 9.90 Å². The SMILES string of the molecule is CC(C)=CC(=O)O[C@@H]1CCN2CC=C(CO)C12. The zero-order valence-electron chi connectivity index (χ0n) is 10.3. The smallest absolute Gasteiger partial charge is 0.331 e. The van der Waals surface area contributed by atoms with Gasteiger partial charge in [-0.25, -0.2) is 4.79 Å². The van der Waals surface area contributed by atoms with E-state index in [4.69, 9.17) is 4.74 Å². The highest BCUT2D eigenvalue weighted by Crippen LogP contribution is 2.30. The standard InChI is InChI=1S/C13H19NO3/c1-9(2)7-12(16)17-11-4-6-14-5-3-10(8-15)13(11)14/h3,7,11,13,15H,4-6,8H2,1-2H3/t11-,13?/m1/s1. The zero-order chi connectivity index (χ0) is 12.4. The third-order valence-corrected chi connectivity index (χ3v) is 3.27. The Bertz CT molecular complexity index is 369. The second-order valence-corrected chi connectivity index (χ2v) is 4.86. The normalized spacial score (nSPS) is 27.6. The molecular weight excluding hydrogens is 218 g/mol. The molecule has 1 fully saturated rings. The van der Waals surface area contributed by atoms with Crippen LogP contribution in [0.1, 0.15) is 20.3 Å². The highest BCUT2D eigenvalue weighted by molar-refractivity contribution is 5.82. The highest BCUT2D eigenvalue weighted by atomic mass is 16.5. The van der Waals surface area contributed by atoms with Crippen molar-refractivity contribution in [2.24, 2.45) is 0 Å². The van der Waals surface area contributed by atoms with E-state index in [-0.39, 0.29) is 24.7 Å². The average Bonchev–Trinajstić information content (AvgIpc) is 2.79. The minimum absolute atomic E-state index is 0.0534. The third kappa shape index (κ3) is 2.58. The Hall–Kier alpha value is -1.13. The molecule has 2 atom stereocenters. The van der Waals surface area contributed by atoms with E-state index in [2.05, 4.69) is 4.90 Å². The van der Waals surface area contributed by atoms with Crippen LogP contribution in [0.5, 0.6) is 0 Å². The summed E-state index contributed by atoms with van der Waals surface area (Å²) in [7, 11) is 0. The molecule has 4 nitrogen and oxygen atoms in total. The van der Waals surface area contributed by atoms with E-state index in [1.807, 2.05) is 19.9 Å². The van der Waals surface area contributed by atoms with Crippen molar-refractivity contribution in [2.45, 2.75) is 32.4 Å². The molecule has 4 heteroatoms. The molecule has 2 rings (SSSR count). The number of carbonyl (C=O) groups excluding carboxylic acids is 1. The lowest BCUT2D eigenvalue weighted by Crippen LogP contribution is -2.35. The van der Waals surface area contributed by atoms with Gasteiger partial charge in [0.2, 0.25) is 0 Å². The summed E-state index contributed by atoms with van der Waals surface area (Å²) < 4.78 is 5.46. The minimum Gasteiger partial charge on any atom is -0.457 e. The number of esters is 1. The van der Waals surface area contributed by atoms with Crippen molar-refractivity contribution in [3.63, 3.8) is 0 Å². The van der Waals surface area contributed by atoms with Crippen LogP contribution >= 0.6 is 0 Å². The molecule has 0 radical (unpaired) electrons. The van der Waals surface area contributed by atoms with Gasteiger partial charge in [0.1, 0.15) is 6.10 Å². The molecule has 0 saturated carbocycles. The predicted octanol–water partition coefficient (Wildman–Crippen LogP) is 0.871. The Balaban J connectivity index is 2.01. The monoisotopic (exact) mass is 237 g/mol. The van der Waals surface area contributed by atoms with Gasteiger partial charge in [0, 0.05) is 19.2 Å². The first-order valence-electron chi connectivity index (χ1n) is 6.01. The van der Waals surface area contributed by atoms with Crippen molar-refractivity contribution in [1.29, 1.82) is 0 Å². The second-order valence-electron chi connectivity index (χ2n) is 4.86. The number of nitrogens with zero attached hydrogens (tertiary/aromatic N) is 1. The summed E-state index contributed by atoms with van der Waals surface area (Å²) in [4.78, 5) is 13.8. The molecule has 2 aliphatic heterocycles. The van der Waals surface area contributed by atoms with Crippen LogP contribution in [0.4, 0.5) is 0 Å². The number of hydrogen-bond donors (Lipinski definition) is 1. The second kappa shape index (κ2) is 5.02. The summed E-state index contributed by atoms with van der Waals surface area (Å²) >= 11 is 0. The van der Waals surface area contributed by atoms with E-state index < -0.39 is 0 Å². The molecule has 0 amide bonds. The Morgan fingerprint density at radius 1 is 1.65 bits per heavy atom. The summed E-state index contributed by atoms with van der Waals surface area (Å²) in [6, 6.07) is 0.0921. The topological polar surface area (TPSA) is 49.8 Å². The number of hydrogen-bond acceptors (Lipinski definition) is 4. The van der Waals surface area contributed by atoms with Crippen LogP contribution in [-0.2, 0) is 9.53 Å². The number of rotatable bonds is 3. The van der Waals surface area contributed by atoms with Crippen LogP contribution in [0.3, 0.4) is 0 Å². The summed E-state index contributed by atoms with van der Waals surface area (Å²) in [6.07, 6.45) is 4.29. The molecule has 0 aliphatic carbocycles. The maximum absolute atomic E-state index is 11.6. The Morgan fingerprint density at radius 2 is 2.41 bits per heavy atom. The van der Waals surface area contributed by atoms with E-state index in [1.165, 1.54) is 6.08 Å². The van der Waals surface area contributed by atoms with Gasteiger partial charge in [0.05, 0.1) is 12.6 Å². The first kappa shape index (κ1) is 12.3. The zero-order valence-corrected chi connectivity index (χ0v) is 10.3. The molecule has 1 saturated heterocycles. The van der Waals surface area contributed by atoms with Crippen molar-refractivity contribution in [3.8, 4) is 0 Å². The van der Waals surface area contributed by atoms with Crippen molar-refractivity contribution in [2.75, 3.05) is 19.7 Å². The van der Waals surface area contributed by atoms with Gasteiger partial charge in [0.15, 0.2) is 0 Å². The summed E-state index contributed by atoms with van der Waals surface area (Å²) in [6.45, 7) is 5.58. The number of aliphatic hydroxyl groups excluding tert-OH is 1. The Kier molecular flexibility index (Phi) is 3.64. The average molecular weight is 237 g/mol. The molecular formula is C13H19NO3. The van der Waals surface area contributed by atoms with Gasteiger partial charge in [-0.1, -0.05) is 11.6 Å². The molecule has 0 aromatic carbocycles. The first-order chi connectivity index (χ1) is 8.11. The fraction of sp³-hybridized carbons (Fsp3) is 0.615. The van der Waals surface area contributed by atoms with Gasteiger partial charge in [0.25, 0.3) is 0 Å². The van der Waals surface area contributed by atoms with Crippen LogP contribution in [0, 0.1) is 0 Å². The molecule has 0 aromatic rings. The fourth-order valence-corrected chi connectivity index (χ4v) is 2.56. The number of ether oxygens (including phenoxy) is 1. The van der Waals surface area contributed by atoms with Crippen molar-refractivity contribution in [1.82, 2.24) is 4.90 Å². The minimum atomic E-state index is -0.277. The van der Waals surface area contributed by atoms with Crippen LogP contribution < -0.4 is 0 Å². The lowest BCUT2D eigenvalue weighted by atomic mass is 10.1. The van der Waals surface area contributed by atoms with Gasteiger partial charge in [-0.2, -0.15) is 0 Å². The summed E-state index contributed by atoms with van der Waals surface area (Å²) in [5, 5.41) is 9.26. The summed E-state index contributed by atoms with van der Waals surface area (Å²) in [5.41, 5.74) is 1.92. The van der Waals surface area contributed by atoms with Crippen LogP contribution in [-0.4, -0.2) is 47.8 Å². The molecule has 1 unspecified atom stereocenters. The lowest BCUT2D eigenvalue weighted by Gasteiger charge is -2.22.